The Hall–Kier alpha value is -1.63. The van der Waals surface area contributed by atoms with E-state index >= 15 is 0 Å². The van der Waals surface area contributed by atoms with Gasteiger partial charge in [0.05, 0.1) is 32.0 Å². The largest absolute Gasteiger partial charge is 0.497 e. The van der Waals surface area contributed by atoms with E-state index in [0.29, 0.717) is 13.1 Å². The van der Waals surface area contributed by atoms with Crippen molar-refractivity contribution in [2.24, 2.45) is 0 Å². The molecule has 0 spiro atoms. The van der Waals surface area contributed by atoms with E-state index in [1.807, 2.05) is 30.6 Å². The molecule has 0 saturated heterocycles. The van der Waals surface area contributed by atoms with E-state index in [2.05, 4.69) is 9.88 Å². The first-order valence-electron chi connectivity index (χ1n) is 7.11. The van der Waals surface area contributed by atoms with Crippen LogP contribution in [-0.2, 0) is 13.1 Å². The van der Waals surface area contributed by atoms with E-state index in [4.69, 9.17) is 9.47 Å². The van der Waals surface area contributed by atoms with Gasteiger partial charge in [0.25, 0.3) is 0 Å². The summed E-state index contributed by atoms with van der Waals surface area (Å²) in [6, 6.07) is 5.80. The molecule has 6 heteroatoms. The van der Waals surface area contributed by atoms with Crippen LogP contribution in [0.4, 0.5) is 0 Å². The molecule has 0 atom stereocenters. The van der Waals surface area contributed by atoms with E-state index in [0.717, 1.165) is 29.3 Å². The zero-order chi connectivity index (χ0) is 15.9. The maximum Gasteiger partial charge on any atom is 0.127 e. The number of aliphatic hydroxyl groups is 1. The number of rotatable bonds is 8. The molecule has 0 unspecified atom stereocenters. The molecule has 2 aromatic rings. The van der Waals surface area contributed by atoms with E-state index in [-0.39, 0.29) is 6.61 Å². The lowest BCUT2D eigenvalue weighted by atomic mass is 10.1. The van der Waals surface area contributed by atoms with Crippen LogP contribution in [0.1, 0.15) is 16.1 Å². The van der Waals surface area contributed by atoms with Crippen LogP contribution in [0, 0.1) is 6.92 Å². The van der Waals surface area contributed by atoms with Crippen LogP contribution in [0.2, 0.25) is 0 Å². The number of hydrogen-bond donors (Lipinski definition) is 1. The zero-order valence-corrected chi connectivity index (χ0v) is 14.0. The summed E-state index contributed by atoms with van der Waals surface area (Å²) in [5.41, 5.74) is 3.98. The van der Waals surface area contributed by atoms with Crippen LogP contribution in [0.3, 0.4) is 0 Å². The number of aliphatic hydroxyl groups excluding tert-OH is 1. The van der Waals surface area contributed by atoms with E-state index in [9.17, 15) is 5.11 Å². The van der Waals surface area contributed by atoms with Crippen molar-refractivity contribution >= 4 is 11.3 Å². The first kappa shape index (κ1) is 16.7. The third-order valence-electron chi connectivity index (χ3n) is 3.52. The summed E-state index contributed by atoms with van der Waals surface area (Å²) in [6.45, 7) is 4.21. The summed E-state index contributed by atoms with van der Waals surface area (Å²) in [7, 11) is 3.29. The Labute approximate surface area is 135 Å². The Balaban J connectivity index is 2.15. The molecule has 0 bridgehead atoms. The highest BCUT2D eigenvalue weighted by molar-refractivity contribution is 7.09. The Morgan fingerprint density at radius 2 is 2.05 bits per heavy atom. The minimum atomic E-state index is 0.121. The van der Waals surface area contributed by atoms with Gasteiger partial charge in [0.15, 0.2) is 0 Å². The first-order chi connectivity index (χ1) is 10.7. The van der Waals surface area contributed by atoms with Crippen molar-refractivity contribution < 1.29 is 14.6 Å². The van der Waals surface area contributed by atoms with Crippen LogP contribution in [0.15, 0.2) is 23.7 Å². The van der Waals surface area contributed by atoms with Gasteiger partial charge in [-0.2, -0.15) is 0 Å². The SMILES string of the molecule is COc1ccc(CN(CCO)Cc2scnc2C)c(OC)c1. The average Bonchev–Trinajstić information content (AvgIpc) is 2.93. The van der Waals surface area contributed by atoms with Crippen molar-refractivity contribution in [2.45, 2.75) is 20.0 Å². The van der Waals surface area contributed by atoms with Gasteiger partial charge in [-0.25, -0.2) is 4.98 Å². The predicted octanol–water partition coefficient (Wildman–Crippen LogP) is 2.46. The third-order valence-corrected chi connectivity index (χ3v) is 4.44. The fourth-order valence-corrected chi connectivity index (χ4v) is 3.08. The molecule has 0 fully saturated rings. The van der Waals surface area contributed by atoms with Gasteiger partial charge in [-0.05, 0) is 13.0 Å². The van der Waals surface area contributed by atoms with Crippen LogP contribution >= 0.6 is 11.3 Å². The molecule has 1 N–H and O–H groups in total. The smallest absolute Gasteiger partial charge is 0.127 e. The molecule has 0 radical (unpaired) electrons. The number of benzene rings is 1. The third kappa shape index (κ3) is 4.19. The summed E-state index contributed by atoms with van der Waals surface area (Å²) in [6.07, 6.45) is 0. The number of nitrogens with zero attached hydrogens (tertiary/aromatic N) is 2. The van der Waals surface area contributed by atoms with E-state index in [1.54, 1.807) is 25.6 Å². The number of ether oxygens (including phenoxy) is 2. The minimum absolute atomic E-state index is 0.121. The molecule has 0 saturated carbocycles. The number of aromatic nitrogens is 1. The molecule has 22 heavy (non-hydrogen) atoms. The van der Waals surface area contributed by atoms with Crippen molar-refractivity contribution in [3.8, 4) is 11.5 Å². The summed E-state index contributed by atoms with van der Waals surface area (Å²) in [5, 5.41) is 9.32. The van der Waals surface area contributed by atoms with Crippen molar-refractivity contribution in [2.75, 3.05) is 27.4 Å². The Morgan fingerprint density at radius 3 is 2.64 bits per heavy atom. The van der Waals surface area contributed by atoms with Gasteiger partial charge >= 0.3 is 0 Å². The molecule has 0 aliphatic carbocycles. The first-order valence-corrected chi connectivity index (χ1v) is 7.99. The average molecular weight is 322 g/mol. The van der Waals surface area contributed by atoms with Crippen LogP contribution in [-0.4, -0.2) is 42.4 Å². The van der Waals surface area contributed by atoms with Crippen molar-refractivity contribution in [1.82, 2.24) is 9.88 Å². The second-order valence-corrected chi connectivity index (χ2v) is 5.91. The van der Waals surface area contributed by atoms with Gasteiger partial charge in [-0.3, -0.25) is 4.90 Å². The van der Waals surface area contributed by atoms with Gasteiger partial charge in [0.2, 0.25) is 0 Å². The molecule has 1 aromatic carbocycles. The lowest BCUT2D eigenvalue weighted by molar-refractivity contribution is 0.183. The summed E-state index contributed by atoms with van der Waals surface area (Å²) in [4.78, 5) is 7.69. The topological polar surface area (TPSA) is 54.8 Å². The highest BCUT2D eigenvalue weighted by Gasteiger charge is 2.13. The lowest BCUT2D eigenvalue weighted by Crippen LogP contribution is -2.26. The van der Waals surface area contributed by atoms with Crippen molar-refractivity contribution in [3.05, 3.63) is 39.8 Å². The van der Waals surface area contributed by atoms with E-state index in [1.165, 1.54) is 4.88 Å². The van der Waals surface area contributed by atoms with Gasteiger partial charge in [-0.1, -0.05) is 6.07 Å². The molecule has 1 aromatic heterocycles. The second kappa shape index (κ2) is 8.12. The molecular weight excluding hydrogens is 300 g/mol. The maximum absolute atomic E-state index is 9.32. The van der Waals surface area contributed by atoms with Crippen molar-refractivity contribution in [3.63, 3.8) is 0 Å². The summed E-state index contributed by atoms with van der Waals surface area (Å²) in [5.74, 6) is 1.57. The number of thiazole rings is 1. The molecule has 1 heterocycles. The van der Waals surface area contributed by atoms with Gasteiger partial charge in [-0.15, -0.1) is 11.3 Å². The lowest BCUT2D eigenvalue weighted by Gasteiger charge is -2.22. The highest BCUT2D eigenvalue weighted by Crippen LogP contribution is 2.26. The van der Waals surface area contributed by atoms with Crippen LogP contribution < -0.4 is 9.47 Å². The Kier molecular flexibility index (Phi) is 6.18. The summed E-state index contributed by atoms with van der Waals surface area (Å²) >= 11 is 1.64. The normalized spacial score (nSPS) is 11.0. The Morgan fingerprint density at radius 1 is 1.23 bits per heavy atom. The van der Waals surface area contributed by atoms with Gasteiger partial charge in [0, 0.05) is 36.1 Å². The predicted molar refractivity (Wildman–Crippen MR) is 87.6 cm³/mol. The molecule has 2 rings (SSSR count). The van der Waals surface area contributed by atoms with Gasteiger partial charge < -0.3 is 14.6 Å². The molecule has 0 aliphatic rings. The molecule has 5 nitrogen and oxygen atoms in total. The quantitative estimate of drug-likeness (QED) is 0.809. The van der Waals surface area contributed by atoms with Crippen LogP contribution in [0.25, 0.3) is 0 Å². The zero-order valence-electron chi connectivity index (χ0n) is 13.2. The fraction of sp³-hybridized carbons (Fsp3) is 0.438. The van der Waals surface area contributed by atoms with Crippen LogP contribution in [0.5, 0.6) is 11.5 Å². The standard InChI is InChI=1S/C16H22N2O3S/c1-12-16(22-11-17-12)10-18(6-7-19)9-13-4-5-14(20-2)8-15(13)21-3/h4-5,8,11,19H,6-7,9-10H2,1-3H3. The number of aryl methyl sites for hydroxylation is 1. The number of hydrogen-bond acceptors (Lipinski definition) is 6. The molecule has 120 valence electrons. The second-order valence-electron chi connectivity index (χ2n) is 4.97. The Bertz CT molecular complexity index is 601. The monoisotopic (exact) mass is 322 g/mol. The number of methoxy groups -OCH3 is 2. The molecule has 0 aliphatic heterocycles. The molecule has 0 amide bonds. The molecular formula is C16H22N2O3S. The van der Waals surface area contributed by atoms with Gasteiger partial charge in [0.1, 0.15) is 11.5 Å². The summed E-state index contributed by atoms with van der Waals surface area (Å²) < 4.78 is 10.7. The fourth-order valence-electron chi connectivity index (χ4n) is 2.26. The van der Waals surface area contributed by atoms with E-state index < -0.39 is 0 Å². The minimum Gasteiger partial charge on any atom is -0.497 e. The maximum atomic E-state index is 9.32. The van der Waals surface area contributed by atoms with Crippen molar-refractivity contribution in [1.29, 1.82) is 0 Å². The highest BCUT2D eigenvalue weighted by atomic mass is 32.1.